The van der Waals surface area contributed by atoms with E-state index < -0.39 is 21.8 Å². The average molecular weight is 429 g/mol. The number of pyridine rings is 1. The van der Waals surface area contributed by atoms with Gasteiger partial charge in [-0.3, -0.25) is 0 Å². The van der Waals surface area contributed by atoms with Crippen LogP contribution >= 0.6 is 0 Å². The Morgan fingerprint density at radius 2 is 1.93 bits per heavy atom. The summed E-state index contributed by atoms with van der Waals surface area (Å²) in [4.78, 5) is 9.87. The summed E-state index contributed by atoms with van der Waals surface area (Å²) in [5.41, 5.74) is -0.800. The molecule has 2 aliphatic rings. The number of hydrogen-bond donors (Lipinski definition) is 0. The van der Waals surface area contributed by atoms with E-state index in [4.69, 9.17) is 0 Å². The molecule has 2 saturated heterocycles. The number of imidazole rings is 1. The predicted molar refractivity (Wildman–Crippen MR) is 99.9 cm³/mol. The second kappa shape index (κ2) is 6.98. The lowest BCUT2D eigenvalue weighted by molar-refractivity contribution is -0.137. The van der Waals surface area contributed by atoms with Crippen LogP contribution in [0.5, 0.6) is 0 Å². The second-order valence-corrected chi connectivity index (χ2v) is 9.63. The van der Waals surface area contributed by atoms with E-state index in [0.717, 1.165) is 12.3 Å². The maximum Gasteiger partial charge on any atom is 0.417 e. The number of rotatable bonds is 4. The van der Waals surface area contributed by atoms with Gasteiger partial charge in [0.15, 0.2) is 5.03 Å². The summed E-state index contributed by atoms with van der Waals surface area (Å²) in [5, 5.41) is 0.0259. The number of alkyl halides is 3. The molecule has 0 amide bonds. The highest BCUT2D eigenvalue weighted by Crippen LogP contribution is 2.37. The van der Waals surface area contributed by atoms with Gasteiger partial charge in [-0.05, 0) is 38.3 Å². The van der Waals surface area contributed by atoms with Crippen molar-refractivity contribution < 1.29 is 21.6 Å². The monoisotopic (exact) mass is 429 g/mol. The zero-order valence-electron chi connectivity index (χ0n) is 16.0. The Kier molecular flexibility index (Phi) is 4.85. The zero-order chi connectivity index (χ0) is 21.0. The van der Waals surface area contributed by atoms with Crippen molar-refractivity contribution in [1.29, 1.82) is 0 Å². The third kappa shape index (κ3) is 3.61. The van der Waals surface area contributed by atoms with Gasteiger partial charge in [-0.2, -0.15) is 17.5 Å². The van der Waals surface area contributed by atoms with Crippen molar-refractivity contribution in [2.45, 2.75) is 43.6 Å². The van der Waals surface area contributed by atoms with Crippen LogP contribution in [0.15, 0.2) is 35.9 Å². The van der Waals surface area contributed by atoms with E-state index in [0.29, 0.717) is 31.9 Å². The molecule has 2 aliphatic heterocycles. The molecule has 0 radical (unpaired) electrons. The minimum Gasteiger partial charge on any atom is -0.355 e. The fourth-order valence-electron chi connectivity index (χ4n) is 4.00. The molecular formula is C18H22F3N5O2S. The Morgan fingerprint density at radius 1 is 1.17 bits per heavy atom. The molecule has 29 heavy (non-hydrogen) atoms. The van der Waals surface area contributed by atoms with E-state index in [-0.39, 0.29) is 23.0 Å². The SMILES string of the molecule is CC(C)n1cnc(S(=O)(=O)N2CCC3CN(c4ccc(C(F)(F)F)cn4)CC32)c1. The van der Waals surface area contributed by atoms with Crippen molar-refractivity contribution in [1.82, 2.24) is 18.8 Å². The minimum absolute atomic E-state index is 0.0259. The van der Waals surface area contributed by atoms with E-state index in [1.165, 1.54) is 22.9 Å². The highest BCUT2D eigenvalue weighted by Gasteiger charge is 2.47. The summed E-state index contributed by atoms with van der Waals surface area (Å²) in [6, 6.07) is 2.20. The smallest absolute Gasteiger partial charge is 0.355 e. The molecule has 158 valence electrons. The third-order valence-corrected chi connectivity index (χ3v) is 7.45. The summed E-state index contributed by atoms with van der Waals surface area (Å²) in [6.45, 7) is 5.26. The molecular weight excluding hydrogens is 407 g/mol. The first-order chi connectivity index (χ1) is 13.6. The van der Waals surface area contributed by atoms with Gasteiger partial charge in [-0.1, -0.05) is 0 Å². The van der Waals surface area contributed by atoms with E-state index in [1.54, 1.807) is 4.57 Å². The van der Waals surface area contributed by atoms with Crippen LogP contribution in [-0.2, 0) is 16.2 Å². The van der Waals surface area contributed by atoms with Crippen LogP contribution in [0.2, 0.25) is 0 Å². The van der Waals surface area contributed by atoms with Crippen molar-refractivity contribution in [3.63, 3.8) is 0 Å². The van der Waals surface area contributed by atoms with Gasteiger partial charge in [0.25, 0.3) is 10.0 Å². The molecule has 2 fully saturated rings. The van der Waals surface area contributed by atoms with Crippen molar-refractivity contribution in [2.75, 3.05) is 24.5 Å². The molecule has 0 N–H and O–H groups in total. The zero-order valence-corrected chi connectivity index (χ0v) is 16.9. The topological polar surface area (TPSA) is 71.3 Å². The molecule has 2 aromatic rings. The normalized spacial score (nSPS) is 23.2. The maximum atomic E-state index is 13.1. The Morgan fingerprint density at radius 3 is 2.52 bits per heavy atom. The van der Waals surface area contributed by atoms with Crippen LogP contribution in [0.1, 0.15) is 31.9 Å². The highest BCUT2D eigenvalue weighted by atomic mass is 32.2. The number of fused-ring (bicyclic) bond motifs is 1. The summed E-state index contributed by atoms with van der Waals surface area (Å²) in [6.07, 6.45) is 0.134. The van der Waals surface area contributed by atoms with E-state index >= 15 is 0 Å². The molecule has 7 nitrogen and oxygen atoms in total. The van der Waals surface area contributed by atoms with Crippen LogP contribution in [-0.4, -0.2) is 52.9 Å². The van der Waals surface area contributed by atoms with Gasteiger partial charge < -0.3 is 9.47 Å². The van der Waals surface area contributed by atoms with E-state index in [2.05, 4.69) is 9.97 Å². The lowest BCUT2D eigenvalue weighted by Crippen LogP contribution is -2.39. The van der Waals surface area contributed by atoms with Gasteiger partial charge in [0, 0.05) is 44.1 Å². The molecule has 2 atom stereocenters. The van der Waals surface area contributed by atoms with Crippen molar-refractivity contribution in [3.8, 4) is 0 Å². The molecule has 2 unspecified atom stereocenters. The van der Waals surface area contributed by atoms with Crippen molar-refractivity contribution >= 4 is 15.8 Å². The predicted octanol–water partition coefficient (Wildman–Crippen LogP) is 2.78. The van der Waals surface area contributed by atoms with Crippen LogP contribution in [0.4, 0.5) is 19.0 Å². The molecule has 2 aromatic heterocycles. The first-order valence-corrected chi connectivity index (χ1v) is 10.8. The molecule has 4 rings (SSSR count). The van der Waals surface area contributed by atoms with E-state index in [9.17, 15) is 21.6 Å². The standard InChI is InChI=1S/C18H22F3N5O2S/c1-12(2)25-10-17(23-11-25)29(27,28)26-6-5-13-8-24(9-15(13)26)16-4-3-14(7-22-16)18(19,20)21/h3-4,7,10-13,15H,5-6,8-9H2,1-2H3. The van der Waals surface area contributed by atoms with Crippen LogP contribution in [0.25, 0.3) is 0 Å². The molecule has 0 spiro atoms. The number of sulfonamides is 1. The lowest BCUT2D eigenvalue weighted by Gasteiger charge is -2.24. The Balaban J connectivity index is 1.52. The van der Waals surface area contributed by atoms with Gasteiger partial charge in [0.05, 0.1) is 11.9 Å². The fraction of sp³-hybridized carbons (Fsp3) is 0.556. The molecule has 0 bridgehead atoms. The van der Waals surface area contributed by atoms with Crippen LogP contribution in [0.3, 0.4) is 0 Å². The van der Waals surface area contributed by atoms with E-state index in [1.807, 2.05) is 18.7 Å². The fourth-order valence-corrected chi connectivity index (χ4v) is 5.62. The second-order valence-electron chi connectivity index (χ2n) is 7.79. The average Bonchev–Trinajstić information content (AvgIpc) is 3.36. The summed E-state index contributed by atoms with van der Waals surface area (Å²) >= 11 is 0. The number of nitrogens with zero attached hydrogens (tertiary/aromatic N) is 5. The van der Waals surface area contributed by atoms with Crippen molar-refractivity contribution in [3.05, 3.63) is 36.4 Å². The summed E-state index contributed by atoms with van der Waals surface area (Å²) in [5.74, 6) is 0.537. The molecule has 0 aliphatic carbocycles. The molecule has 0 saturated carbocycles. The van der Waals surface area contributed by atoms with Gasteiger partial charge in [0.1, 0.15) is 5.82 Å². The Labute approximate surface area is 167 Å². The maximum absolute atomic E-state index is 13.1. The summed E-state index contributed by atoms with van der Waals surface area (Å²) < 4.78 is 67.7. The minimum atomic E-state index is -4.43. The van der Waals surface area contributed by atoms with Crippen LogP contribution in [0, 0.1) is 5.92 Å². The highest BCUT2D eigenvalue weighted by molar-refractivity contribution is 7.89. The lowest BCUT2D eigenvalue weighted by atomic mass is 10.1. The largest absolute Gasteiger partial charge is 0.417 e. The third-order valence-electron chi connectivity index (χ3n) is 5.64. The van der Waals surface area contributed by atoms with Gasteiger partial charge in [0.2, 0.25) is 0 Å². The first kappa shape index (κ1) is 20.1. The molecule has 11 heteroatoms. The quantitative estimate of drug-likeness (QED) is 0.748. The Hall–Kier alpha value is -2.14. The number of aromatic nitrogens is 3. The molecule has 4 heterocycles. The first-order valence-electron chi connectivity index (χ1n) is 9.41. The van der Waals surface area contributed by atoms with Gasteiger partial charge in [-0.25, -0.2) is 18.4 Å². The summed E-state index contributed by atoms with van der Waals surface area (Å²) in [7, 11) is -3.73. The van der Waals surface area contributed by atoms with Crippen LogP contribution < -0.4 is 4.90 Å². The molecule has 0 aromatic carbocycles. The van der Waals surface area contributed by atoms with Gasteiger partial charge >= 0.3 is 6.18 Å². The van der Waals surface area contributed by atoms with Gasteiger partial charge in [-0.15, -0.1) is 0 Å². The number of anilines is 1. The number of hydrogen-bond acceptors (Lipinski definition) is 5. The number of halogens is 3. The Bertz CT molecular complexity index is 988. The van der Waals surface area contributed by atoms with Crippen molar-refractivity contribution in [2.24, 2.45) is 5.92 Å².